The molecule has 0 unspecified atom stereocenters. The van der Waals surface area contributed by atoms with Crippen molar-refractivity contribution in [1.29, 1.82) is 0 Å². The lowest BCUT2D eigenvalue weighted by atomic mass is 10.2. The number of nitrogens with zero attached hydrogens (tertiary/aromatic N) is 1. The Bertz CT molecular complexity index is 588. The van der Waals surface area contributed by atoms with Crippen LogP contribution in [0.3, 0.4) is 0 Å². The highest BCUT2D eigenvalue weighted by Gasteiger charge is 2.07. The maximum atomic E-state index is 6.25. The summed E-state index contributed by atoms with van der Waals surface area (Å²) in [6, 6.07) is 5.88. The van der Waals surface area contributed by atoms with E-state index in [1.807, 2.05) is 30.5 Å². The number of nitrogen functional groups attached to an aromatic ring is 1. The van der Waals surface area contributed by atoms with E-state index in [-0.39, 0.29) is 6.10 Å². The summed E-state index contributed by atoms with van der Waals surface area (Å²) in [5.41, 5.74) is 7.67. The average Bonchev–Trinajstić information content (AvgIpc) is 2.87. The van der Waals surface area contributed by atoms with Crippen LogP contribution in [-0.2, 0) is 13.1 Å². The molecule has 0 saturated heterocycles. The Labute approximate surface area is 134 Å². The van der Waals surface area contributed by atoms with Crippen LogP contribution in [0.15, 0.2) is 23.6 Å². The summed E-state index contributed by atoms with van der Waals surface area (Å²) < 4.78 is 5.75. The van der Waals surface area contributed by atoms with E-state index in [0.29, 0.717) is 16.7 Å². The molecule has 2 rings (SSSR count). The van der Waals surface area contributed by atoms with E-state index in [1.54, 1.807) is 0 Å². The maximum Gasteiger partial charge on any atom is 0.180 e. The lowest BCUT2D eigenvalue weighted by Gasteiger charge is -2.14. The number of aromatic nitrogens is 1. The lowest BCUT2D eigenvalue weighted by molar-refractivity contribution is 0.217. The summed E-state index contributed by atoms with van der Waals surface area (Å²) in [6.07, 6.45) is 1.12. The molecule has 21 heavy (non-hydrogen) atoms. The Morgan fingerprint density at radius 2 is 2.24 bits per heavy atom. The number of nitrogens with one attached hydrogen (secondary N) is 1. The molecule has 0 spiro atoms. The van der Waals surface area contributed by atoms with Crippen LogP contribution in [0.5, 0.6) is 5.75 Å². The molecule has 1 atom stereocenters. The van der Waals surface area contributed by atoms with Gasteiger partial charge in [-0.05, 0) is 31.0 Å². The molecule has 0 aliphatic carbocycles. The summed E-state index contributed by atoms with van der Waals surface area (Å²) >= 11 is 7.70. The van der Waals surface area contributed by atoms with Gasteiger partial charge in [-0.1, -0.05) is 24.6 Å². The van der Waals surface area contributed by atoms with Crippen molar-refractivity contribution < 1.29 is 4.74 Å². The van der Waals surface area contributed by atoms with Gasteiger partial charge >= 0.3 is 0 Å². The fourth-order valence-corrected chi connectivity index (χ4v) is 2.60. The van der Waals surface area contributed by atoms with Crippen LogP contribution in [0, 0.1) is 0 Å². The van der Waals surface area contributed by atoms with Crippen LogP contribution in [-0.4, -0.2) is 11.1 Å². The molecule has 0 aliphatic heterocycles. The third kappa shape index (κ3) is 4.88. The number of hydrogen-bond donors (Lipinski definition) is 2. The van der Waals surface area contributed by atoms with E-state index in [4.69, 9.17) is 22.1 Å². The van der Waals surface area contributed by atoms with E-state index in [9.17, 15) is 0 Å². The molecule has 0 aliphatic rings. The zero-order valence-corrected chi connectivity index (χ0v) is 13.8. The first-order valence-electron chi connectivity index (χ1n) is 6.94. The van der Waals surface area contributed by atoms with Crippen molar-refractivity contribution in [2.45, 2.75) is 39.5 Å². The predicted molar refractivity (Wildman–Crippen MR) is 88.9 cm³/mol. The van der Waals surface area contributed by atoms with E-state index >= 15 is 0 Å². The molecule has 0 bridgehead atoms. The number of halogens is 1. The van der Waals surface area contributed by atoms with Gasteiger partial charge in [0.15, 0.2) is 5.13 Å². The maximum absolute atomic E-state index is 6.25. The van der Waals surface area contributed by atoms with Gasteiger partial charge in [-0.25, -0.2) is 4.98 Å². The summed E-state index contributed by atoms with van der Waals surface area (Å²) in [6.45, 7) is 5.53. The van der Waals surface area contributed by atoms with E-state index in [2.05, 4.69) is 17.2 Å². The summed E-state index contributed by atoms with van der Waals surface area (Å²) in [5.74, 6) is 0.738. The molecule has 6 heteroatoms. The van der Waals surface area contributed by atoms with Crippen LogP contribution in [0.1, 0.15) is 31.5 Å². The second-order valence-electron chi connectivity index (χ2n) is 4.88. The van der Waals surface area contributed by atoms with Crippen molar-refractivity contribution in [2.24, 2.45) is 0 Å². The molecule has 114 valence electrons. The van der Waals surface area contributed by atoms with Gasteiger partial charge in [-0.2, -0.15) is 0 Å². The Kier molecular flexibility index (Phi) is 5.85. The molecule has 4 nitrogen and oxygen atoms in total. The minimum Gasteiger partial charge on any atom is -0.489 e. The van der Waals surface area contributed by atoms with Crippen molar-refractivity contribution in [3.8, 4) is 5.75 Å². The van der Waals surface area contributed by atoms with E-state index in [1.165, 1.54) is 11.3 Å². The third-order valence-electron chi connectivity index (χ3n) is 3.10. The molecule has 0 amide bonds. The van der Waals surface area contributed by atoms with Gasteiger partial charge in [-0.15, -0.1) is 11.3 Å². The van der Waals surface area contributed by atoms with Crippen molar-refractivity contribution in [3.05, 3.63) is 39.9 Å². The first-order chi connectivity index (χ1) is 10.1. The fraction of sp³-hybridized carbons (Fsp3) is 0.400. The minimum atomic E-state index is 0.168. The molecular formula is C15H20ClN3OS. The number of anilines is 1. The van der Waals surface area contributed by atoms with Gasteiger partial charge in [0.2, 0.25) is 0 Å². The standard InChI is InChI=1S/C15H20ClN3OS/c1-3-10(2)20-14-5-4-11(6-13(14)16)7-18-8-12-9-21-15(17)19-12/h4-6,9-10,18H,3,7-8H2,1-2H3,(H2,17,19)/t10-/m1/s1. The number of benzene rings is 1. The summed E-state index contributed by atoms with van der Waals surface area (Å²) in [4.78, 5) is 4.20. The van der Waals surface area contributed by atoms with E-state index in [0.717, 1.165) is 30.0 Å². The molecule has 0 fully saturated rings. The smallest absolute Gasteiger partial charge is 0.180 e. The van der Waals surface area contributed by atoms with Gasteiger partial charge in [-0.3, -0.25) is 0 Å². The molecular weight excluding hydrogens is 306 g/mol. The van der Waals surface area contributed by atoms with Gasteiger partial charge in [0.25, 0.3) is 0 Å². The van der Waals surface area contributed by atoms with Crippen LogP contribution in [0.2, 0.25) is 5.02 Å². The van der Waals surface area contributed by atoms with Gasteiger partial charge in [0.1, 0.15) is 5.75 Å². The molecule has 1 heterocycles. The summed E-state index contributed by atoms with van der Waals surface area (Å²) in [5, 5.41) is 6.52. The number of rotatable bonds is 7. The Balaban J connectivity index is 1.88. The summed E-state index contributed by atoms with van der Waals surface area (Å²) in [7, 11) is 0. The lowest BCUT2D eigenvalue weighted by Crippen LogP contribution is -2.13. The molecule has 2 aromatic rings. The first kappa shape index (κ1) is 16.1. The number of ether oxygens (including phenoxy) is 1. The van der Waals surface area contributed by atoms with E-state index < -0.39 is 0 Å². The Morgan fingerprint density at radius 3 is 2.86 bits per heavy atom. The molecule has 1 aromatic carbocycles. The monoisotopic (exact) mass is 325 g/mol. The van der Waals surface area contributed by atoms with Gasteiger partial charge in [0.05, 0.1) is 16.8 Å². The van der Waals surface area contributed by atoms with Crippen molar-refractivity contribution in [2.75, 3.05) is 5.73 Å². The van der Waals surface area contributed by atoms with Crippen molar-refractivity contribution in [1.82, 2.24) is 10.3 Å². The van der Waals surface area contributed by atoms with Gasteiger partial charge < -0.3 is 15.8 Å². The highest BCUT2D eigenvalue weighted by molar-refractivity contribution is 7.13. The van der Waals surface area contributed by atoms with Crippen LogP contribution in [0.25, 0.3) is 0 Å². The van der Waals surface area contributed by atoms with Crippen molar-refractivity contribution >= 4 is 28.1 Å². The molecule has 0 radical (unpaired) electrons. The van der Waals surface area contributed by atoms with Crippen molar-refractivity contribution in [3.63, 3.8) is 0 Å². The Morgan fingerprint density at radius 1 is 1.43 bits per heavy atom. The molecule has 0 saturated carbocycles. The third-order valence-corrected chi connectivity index (χ3v) is 4.12. The van der Waals surface area contributed by atoms with Crippen LogP contribution >= 0.6 is 22.9 Å². The topological polar surface area (TPSA) is 60.2 Å². The Hall–Kier alpha value is -1.30. The fourth-order valence-electron chi connectivity index (χ4n) is 1.79. The second-order valence-corrected chi connectivity index (χ2v) is 6.18. The van der Waals surface area contributed by atoms with Crippen LogP contribution in [0.4, 0.5) is 5.13 Å². The number of nitrogens with two attached hydrogens (primary N) is 1. The quantitative estimate of drug-likeness (QED) is 0.811. The van der Waals surface area contributed by atoms with Crippen LogP contribution < -0.4 is 15.8 Å². The minimum absolute atomic E-state index is 0.168. The normalized spacial score (nSPS) is 12.3. The zero-order valence-electron chi connectivity index (χ0n) is 12.2. The first-order valence-corrected chi connectivity index (χ1v) is 8.20. The number of thiazole rings is 1. The van der Waals surface area contributed by atoms with Gasteiger partial charge in [0, 0.05) is 18.5 Å². The number of hydrogen-bond acceptors (Lipinski definition) is 5. The highest BCUT2D eigenvalue weighted by Crippen LogP contribution is 2.26. The highest BCUT2D eigenvalue weighted by atomic mass is 35.5. The SMILES string of the molecule is CC[C@@H](C)Oc1ccc(CNCc2csc(N)n2)cc1Cl. The second kappa shape index (κ2) is 7.64. The zero-order chi connectivity index (χ0) is 15.2. The largest absolute Gasteiger partial charge is 0.489 e. The molecule has 3 N–H and O–H groups in total. The average molecular weight is 326 g/mol. The molecule has 1 aromatic heterocycles. The predicted octanol–water partition coefficient (Wildman–Crippen LogP) is 3.85.